The molecular weight excluding hydrogens is 485 g/mol. The number of ether oxygens (including phenoxy) is 3. The topological polar surface area (TPSA) is 82.6 Å². The predicted octanol–water partition coefficient (Wildman–Crippen LogP) is 4.97. The van der Waals surface area contributed by atoms with Gasteiger partial charge in [0.2, 0.25) is 0 Å². The van der Waals surface area contributed by atoms with Crippen molar-refractivity contribution in [2.24, 2.45) is 0 Å². The molecule has 0 saturated carbocycles. The summed E-state index contributed by atoms with van der Waals surface area (Å²) in [5.74, 6) is -0.363. The highest BCUT2D eigenvalue weighted by Gasteiger charge is 2.22. The Labute approximate surface area is 221 Å². The van der Waals surface area contributed by atoms with E-state index in [1.165, 1.54) is 12.1 Å². The van der Waals surface area contributed by atoms with Gasteiger partial charge in [0, 0.05) is 32.3 Å². The van der Waals surface area contributed by atoms with Gasteiger partial charge in [0.25, 0.3) is 5.91 Å². The number of nitrogens with one attached hydrogen (secondary N) is 1. The minimum atomic E-state index is -0.384. The third kappa shape index (κ3) is 7.00. The Hall–Kier alpha value is -4.14. The van der Waals surface area contributed by atoms with Crippen molar-refractivity contribution in [1.29, 1.82) is 0 Å². The van der Waals surface area contributed by atoms with Gasteiger partial charge in [-0.3, -0.25) is 9.78 Å². The molecular formula is C30H30FN3O4. The normalized spacial score (nSPS) is 11.2. The molecule has 0 aliphatic heterocycles. The molecule has 2 heterocycles. The van der Waals surface area contributed by atoms with Crippen molar-refractivity contribution >= 4 is 22.9 Å². The lowest BCUT2D eigenvalue weighted by molar-refractivity contribution is 0.0927. The Morgan fingerprint density at radius 1 is 1.00 bits per heavy atom. The zero-order valence-corrected chi connectivity index (χ0v) is 21.4. The van der Waals surface area contributed by atoms with Gasteiger partial charge in [-0.1, -0.05) is 48.5 Å². The fraction of sp³-hybridized carbons (Fsp3) is 0.233. The van der Waals surface area contributed by atoms with E-state index in [9.17, 15) is 9.18 Å². The zero-order chi connectivity index (χ0) is 26.7. The van der Waals surface area contributed by atoms with Crippen molar-refractivity contribution in [2.75, 3.05) is 34.0 Å². The van der Waals surface area contributed by atoms with Crippen LogP contribution in [0.15, 0.2) is 72.9 Å². The first kappa shape index (κ1) is 26.9. The van der Waals surface area contributed by atoms with Gasteiger partial charge in [0.05, 0.1) is 18.9 Å². The highest BCUT2D eigenvalue weighted by molar-refractivity contribution is 6.02. The van der Waals surface area contributed by atoms with E-state index in [-0.39, 0.29) is 24.0 Å². The molecule has 7 nitrogen and oxygen atoms in total. The number of hydrogen-bond acceptors (Lipinski definition) is 6. The lowest BCUT2D eigenvalue weighted by Crippen LogP contribution is -2.28. The molecule has 196 valence electrons. The summed E-state index contributed by atoms with van der Waals surface area (Å²) in [5.41, 5.74) is 4.04. The first-order valence-corrected chi connectivity index (χ1v) is 12.3. The smallest absolute Gasteiger partial charge is 0.273 e. The third-order valence-electron chi connectivity index (χ3n) is 5.78. The van der Waals surface area contributed by atoms with Gasteiger partial charge in [0.1, 0.15) is 17.9 Å². The third-order valence-corrected chi connectivity index (χ3v) is 5.78. The average molecular weight is 516 g/mol. The minimum absolute atomic E-state index is 0.139. The summed E-state index contributed by atoms with van der Waals surface area (Å²) < 4.78 is 29.8. The van der Waals surface area contributed by atoms with Gasteiger partial charge in [-0.15, -0.1) is 0 Å². The van der Waals surface area contributed by atoms with Crippen LogP contribution in [0, 0.1) is 5.82 Å². The van der Waals surface area contributed by atoms with Crippen molar-refractivity contribution in [3.05, 3.63) is 107 Å². The monoisotopic (exact) mass is 515 g/mol. The molecule has 0 saturated heterocycles. The first-order chi connectivity index (χ1) is 18.6. The molecule has 0 aliphatic carbocycles. The standard InChI is InChI=1S/C30H30FN3O4/c1-36-15-6-9-26-25-18-23(17-21-10-12-24(31)13-11-21)19-33-27(25)29(38-20-22-7-4-3-5-8-22)28(34-26)30(35)32-14-16-37-2/h3-13,18-19H,14-17,20H2,1-2H3,(H,32,35). The molecule has 0 atom stereocenters. The quantitative estimate of drug-likeness (QED) is 0.268. The van der Waals surface area contributed by atoms with E-state index in [0.29, 0.717) is 43.1 Å². The first-order valence-electron chi connectivity index (χ1n) is 12.3. The summed E-state index contributed by atoms with van der Waals surface area (Å²) in [6.45, 7) is 1.32. The van der Waals surface area contributed by atoms with Gasteiger partial charge < -0.3 is 19.5 Å². The molecule has 2 aromatic heterocycles. The van der Waals surface area contributed by atoms with E-state index in [4.69, 9.17) is 24.2 Å². The maximum Gasteiger partial charge on any atom is 0.273 e. The Morgan fingerprint density at radius 2 is 1.79 bits per heavy atom. The zero-order valence-electron chi connectivity index (χ0n) is 21.4. The molecule has 2 aromatic carbocycles. The molecule has 1 amide bonds. The Kier molecular flexibility index (Phi) is 9.50. The van der Waals surface area contributed by atoms with Crippen LogP contribution in [0.2, 0.25) is 0 Å². The number of benzene rings is 2. The molecule has 0 aliphatic rings. The molecule has 4 aromatic rings. The molecule has 0 bridgehead atoms. The maximum absolute atomic E-state index is 13.4. The molecule has 4 rings (SSSR count). The largest absolute Gasteiger partial charge is 0.484 e. The fourth-order valence-corrected chi connectivity index (χ4v) is 3.92. The Morgan fingerprint density at radius 3 is 2.53 bits per heavy atom. The van der Waals surface area contributed by atoms with Gasteiger partial charge in [0.15, 0.2) is 11.4 Å². The van der Waals surface area contributed by atoms with Crippen LogP contribution in [0.5, 0.6) is 5.75 Å². The van der Waals surface area contributed by atoms with Crippen LogP contribution < -0.4 is 10.1 Å². The van der Waals surface area contributed by atoms with Crippen LogP contribution in [0.4, 0.5) is 4.39 Å². The lowest BCUT2D eigenvalue weighted by Gasteiger charge is -2.16. The molecule has 38 heavy (non-hydrogen) atoms. The number of halogens is 1. The molecule has 0 radical (unpaired) electrons. The van der Waals surface area contributed by atoms with E-state index in [1.54, 1.807) is 32.5 Å². The second-order valence-electron chi connectivity index (χ2n) is 8.60. The van der Waals surface area contributed by atoms with Crippen molar-refractivity contribution in [2.45, 2.75) is 13.0 Å². The molecule has 8 heteroatoms. The number of carbonyl (C=O) groups is 1. The highest BCUT2D eigenvalue weighted by Crippen LogP contribution is 2.32. The number of rotatable bonds is 12. The second-order valence-corrected chi connectivity index (χ2v) is 8.60. The highest BCUT2D eigenvalue weighted by atomic mass is 19.1. The number of carbonyl (C=O) groups excluding carboxylic acids is 1. The van der Waals surface area contributed by atoms with Crippen molar-refractivity contribution in [3.63, 3.8) is 0 Å². The van der Waals surface area contributed by atoms with E-state index in [1.807, 2.05) is 48.6 Å². The molecule has 0 spiro atoms. The van der Waals surface area contributed by atoms with E-state index < -0.39 is 0 Å². The van der Waals surface area contributed by atoms with Gasteiger partial charge in [-0.25, -0.2) is 9.37 Å². The summed E-state index contributed by atoms with van der Waals surface area (Å²) in [6, 6.07) is 18.0. The van der Waals surface area contributed by atoms with E-state index in [0.717, 1.165) is 22.1 Å². The van der Waals surface area contributed by atoms with Gasteiger partial charge in [-0.05, 0) is 47.4 Å². The lowest BCUT2D eigenvalue weighted by atomic mass is 10.0. The number of hydrogen-bond donors (Lipinski definition) is 1. The number of aromatic nitrogens is 2. The van der Waals surface area contributed by atoms with E-state index in [2.05, 4.69) is 5.32 Å². The van der Waals surface area contributed by atoms with Crippen molar-refractivity contribution < 1.29 is 23.4 Å². The van der Waals surface area contributed by atoms with Crippen LogP contribution in [0.25, 0.3) is 17.0 Å². The number of methoxy groups -OCH3 is 2. The van der Waals surface area contributed by atoms with Crippen LogP contribution in [-0.2, 0) is 22.5 Å². The molecule has 1 N–H and O–H groups in total. The number of amides is 1. The maximum atomic E-state index is 13.4. The Bertz CT molecular complexity index is 1390. The summed E-state index contributed by atoms with van der Waals surface area (Å²) in [5, 5.41) is 3.56. The minimum Gasteiger partial charge on any atom is -0.484 e. The summed E-state index contributed by atoms with van der Waals surface area (Å²) in [6.07, 6.45) is 5.94. The molecule has 0 fully saturated rings. The Balaban J connectivity index is 1.80. The fourth-order valence-electron chi connectivity index (χ4n) is 3.92. The van der Waals surface area contributed by atoms with Gasteiger partial charge >= 0.3 is 0 Å². The second kappa shape index (κ2) is 13.4. The number of fused-ring (bicyclic) bond motifs is 1. The van der Waals surface area contributed by atoms with Gasteiger partial charge in [-0.2, -0.15) is 0 Å². The molecule has 0 unspecified atom stereocenters. The predicted molar refractivity (Wildman–Crippen MR) is 145 cm³/mol. The summed E-state index contributed by atoms with van der Waals surface area (Å²) in [4.78, 5) is 22.6. The van der Waals surface area contributed by atoms with E-state index >= 15 is 0 Å². The summed E-state index contributed by atoms with van der Waals surface area (Å²) in [7, 11) is 3.18. The van der Waals surface area contributed by atoms with Crippen LogP contribution in [0.1, 0.15) is 32.9 Å². The summed E-state index contributed by atoms with van der Waals surface area (Å²) >= 11 is 0. The van der Waals surface area contributed by atoms with Crippen LogP contribution >= 0.6 is 0 Å². The number of nitrogens with zero attached hydrogens (tertiary/aromatic N) is 2. The number of pyridine rings is 2. The average Bonchev–Trinajstić information content (AvgIpc) is 2.94. The van der Waals surface area contributed by atoms with Crippen LogP contribution in [0.3, 0.4) is 0 Å². The van der Waals surface area contributed by atoms with Crippen molar-refractivity contribution in [3.8, 4) is 5.75 Å². The van der Waals surface area contributed by atoms with Crippen LogP contribution in [-0.4, -0.2) is 49.9 Å². The SMILES string of the molecule is COCC=Cc1nc(C(=O)NCCOC)c(OCc2ccccc2)c2ncc(Cc3ccc(F)cc3)cc12. The van der Waals surface area contributed by atoms with Crippen molar-refractivity contribution in [1.82, 2.24) is 15.3 Å².